The van der Waals surface area contributed by atoms with Crippen molar-refractivity contribution in [1.29, 1.82) is 0 Å². The van der Waals surface area contributed by atoms with Gasteiger partial charge >= 0.3 is 0 Å². The maximum absolute atomic E-state index is 13.1. The number of hydrogen-bond donors (Lipinski definition) is 0. The third-order valence-corrected chi connectivity index (χ3v) is 6.27. The molecule has 0 atom stereocenters. The van der Waals surface area contributed by atoms with Gasteiger partial charge in [0.05, 0.1) is 23.3 Å². The number of aromatic nitrogens is 5. The second-order valence-corrected chi connectivity index (χ2v) is 8.81. The van der Waals surface area contributed by atoms with Crippen molar-refractivity contribution in [2.75, 3.05) is 38.1 Å². The summed E-state index contributed by atoms with van der Waals surface area (Å²) in [5.74, 6) is 0.709. The molecule has 0 unspecified atom stereocenters. The molecule has 33 heavy (non-hydrogen) atoms. The van der Waals surface area contributed by atoms with Gasteiger partial charge in [-0.25, -0.2) is 4.98 Å². The van der Waals surface area contributed by atoms with Crippen molar-refractivity contribution in [1.82, 2.24) is 29.6 Å². The average Bonchev–Trinajstić information content (AvgIpc) is 3.26. The van der Waals surface area contributed by atoms with E-state index < -0.39 is 0 Å². The fourth-order valence-corrected chi connectivity index (χ4v) is 4.21. The summed E-state index contributed by atoms with van der Waals surface area (Å²) in [5.41, 5.74) is 2.93. The number of rotatable bonds is 5. The highest BCUT2D eigenvalue weighted by Gasteiger charge is 2.19. The van der Waals surface area contributed by atoms with E-state index in [1.165, 1.54) is 0 Å². The lowest BCUT2D eigenvalue weighted by atomic mass is 10.0. The summed E-state index contributed by atoms with van der Waals surface area (Å²) >= 11 is 6.36. The fourth-order valence-electron chi connectivity index (χ4n) is 4.00. The Morgan fingerprint density at radius 1 is 0.939 bits per heavy atom. The largest absolute Gasteiger partial charge is 0.354 e. The molecule has 4 aromatic heterocycles. The second kappa shape index (κ2) is 8.88. The first kappa shape index (κ1) is 21.5. The van der Waals surface area contributed by atoms with Crippen LogP contribution in [0.1, 0.15) is 16.1 Å². The van der Waals surface area contributed by atoms with Gasteiger partial charge in [0.25, 0.3) is 0 Å². The van der Waals surface area contributed by atoms with Gasteiger partial charge in [0.15, 0.2) is 5.78 Å². The van der Waals surface area contributed by atoms with Gasteiger partial charge in [-0.05, 0) is 30.6 Å². The molecule has 4 aromatic rings. The molecule has 0 radical (unpaired) electrons. The minimum atomic E-state index is -0.0776. The lowest BCUT2D eigenvalue weighted by Gasteiger charge is -2.33. The molecule has 1 aliphatic heterocycles. The molecule has 0 aromatic carbocycles. The van der Waals surface area contributed by atoms with Crippen LogP contribution in [0.3, 0.4) is 0 Å². The van der Waals surface area contributed by atoms with Crippen molar-refractivity contribution in [2.24, 2.45) is 7.05 Å². The van der Waals surface area contributed by atoms with Crippen molar-refractivity contribution < 1.29 is 4.79 Å². The summed E-state index contributed by atoms with van der Waals surface area (Å²) in [6.07, 6.45) is 8.97. The molecule has 0 N–H and O–H groups in total. The van der Waals surface area contributed by atoms with Crippen LogP contribution >= 0.6 is 11.6 Å². The second-order valence-electron chi connectivity index (χ2n) is 8.41. The highest BCUT2D eigenvalue weighted by atomic mass is 35.5. The standard InChI is InChI=1S/C24H24ClN7O/c1-30-3-5-32(6-4-30)24-10-20(21(25)14-28-24)23(33)9-19-7-16-8-22(18-13-29-31(2)15-18)27-12-17(16)11-26-19/h7-8,10-15H,3-6,9H2,1-2H3. The zero-order valence-electron chi connectivity index (χ0n) is 18.6. The van der Waals surface area contributed by atoms with Crippen molar-refractivity contribution in [2.45, 2.75) is 6.42 Å². The van der Waals surface area contributed by atoms with Crippen LogP contribution in [0, 0.1) is 0 Å². The smallest absolute Gasteiger partial charge is 0.170 e. The third-order valence-electron chi connectivity index (χ3n) is 5.97. The quantitative estimate of drug-likeness (QED) is 0.422. The Balaban J connectivity index is 1.39. The van der Waals surface area contributed by atoms with Gasteiger partial charge < -0.3 is 9.80 Å². The van der Waals surface area contributed by atoms with Gasteiger partial charge in [0.2, 0.25) is 0 Å². The molecule has 1 fully saturated rings. The molecule has 0 amide bonds. The first-order chi connectivity index (χ1) is 16.0. The van der Waals surface area contributed by atoms with Crippen LogP contribution in [0.2, 0.25) is 5.02 Å². The SMILES string of the molecule is CN1CCN(c2cc(C(=O)Cc3cc4cc(-c5cnn(C)c5)ncc4cn3)c(Cl)cn2)CC1. The minimum Gasteiger partial charge on any atom is -0.354 e. The predicted molar refractivity (Wildman–Crippen MR) is 129 cm³/mol. The lowest BCUT2D eigenvalue weighted by Crippen LogP contribution is -2.44. The van der Waals surface area contributed by atoms with Crippen LogP contribution in [-0.4, -0.2) is 68.6 Å². The molecule has 0 spiro atoms. The number of aryl methyl sites for hydroxylation is 1. The number of hydrogen-bond acceptors (Lipinski definition) is 7. The number of ketones is 1. The number of fused-ring (bicyclic) bond motifs is 1. The number of halogens is 1. The molecule has 9 heteroatoms. The van der Waals surface area contributed by atoms with E-state index in [-0.39, 0.29) is 12.2 Å². The molecule has 5 heterocycles. The number of anilines is 1. The zero-order chi connectivity index (χ0) is 22.9. The van der Waals surface area contributed by atoms with Crippen LogP contribution in [-0.2, 0) is 13.5 Å². The number of pyridine rings is 3. The van der Waals surface area contributed by atoms with E-state index in [9.17, 15) is 4.79 Å². The van der Waals surface area contributed by atoms with E-state index in [0.717, 1.165) is 54.0 Å². The molecule has 5 rings (SSSR count). The Labute approximate surface area is 196 Å². The van der Waals surface area contributed by atoms with Gasteiger partial charge in [-0.3, -0.25) is 19.4 Å². The topological polar surface area (TPSA) is 80.0 Å². The molecule has 168 valence electrons. The van der Waals surface area contributed by atoms with Crippen LogP contribution in [0.15, 0.2) is 49.2 Å². The van der Waals surface area contributed by atoms with Gasteiger partial charge in [-0.1, -0.05) is 11.6 Å². The lowest BCUT2D eigenvalue weighted by molar-refractivity contribution is 0.0992. The number of carbonyl (C=O) groups is 1. The molecule has 0 aliphatic carbocycles. The van der Waals surface area contributed by atoms with Crippen molar-refractivity contribution in [3.63, 3.8) is 0 Å². The molecule has 1 aliphatic rings. The van der Waals surface area contributed by atoms with E-state index in [1.807, 2.05) is 31.4 Å². The summed E-state index contributed by atoms with van der Waals surface area (Å²) in [7, 11) is 3.98. The molecule has 0 saturated carbocycles. The molecule has 0 bridgehead atoms. The fraction of sp³-hybridized carbons (Fsp3) is 0.292. The Morgan fingerprint density at radius 2 is 1.73 bits per heavy atom. The van der Waals surface area contributed by atoms with Crippen LogP contribution in [0.5, 0.6) is 0 Å². The van der Waals surface area contributed by atoms with Crippen molar-refractivity contribution >= 4 is 34.0 Å². The summed E-state index contributed by atoms with van der Waals surface area (Å²) in [6, 6.07) is 5.74. The van der Waals surface area contributed by atoms with Gasteiger partial charge in [-0.15, -0.1) is 0 Å². The highest BCUT2D eigenvalue weighted by molar-refractivity contribution is 6.34. The average molecular weight is 462 g/mol. The number of Topliss-reactive ketones (excluding diaryl/α,β-unsaturated/α-hetero) is 1. The van der Waals surface area contributed by atoms with Gasteiger partial charge in [-0.2, -0.15) is 5.10 Å². The van der Waals surface area contributed by atoms with E-state index in [4.69, 9.17) is 11.6 Å². The third kappa shape index (κ3) is 4.58. The first-order valence-corrected chi connectivity index (χ1v) is 11.2. The molecule has 1 saturated heterocycles. The number of carbonyl (C=O) groups excluding carboxylic acids is 1. The number of piperazine rings is 1. The molecular formula is C24H24ClN7O. The Hall–Kier alpha value is -3.36. The molecular weight excluding hydrogens is 438 g/mol. The normalized spacial score (nSPS) is 14.7. The minimum absolute atomic E-state index is 0.0776. The van der Waals surface area contributed by atoms with Crippen LogP contribution < -0.4 is 4.90 Å². The van der Waals surface area contributed by atoms with E-state index >= 15 is 0 Å². The monoisotopic (exact) mass is 461 g/mol. The summed E-state index contributed by atoms with van der Waals surface area (Å²) in [4.78, 5) is 31.0. The highest BCUT2D eigenvalue weighted by Crippen LogP contribution is 2.25. The first-order valence-electron chi connectivity index (χ1n) is 10.8. The predicted octanol–water partition coefficient (Wildman–Crippen LogP) is 3.26. The van der Waals surface area contributed by atoms with Gasteiger partial charge in [0.1, 0.15) is 5.82 Å². The summed E-state index contributed by atoms with van der Waals surface area (Å²) < 4.78 is 1.74. The maximum atomic E-state index is 13.1. The van der Waals surface area contributed by atoms with E-state index in [2.05, 4.69) is 36.9 Å². The Bertz CT molecular complexity index is 1330. The Kier molecular flexibility index (Phi) is 5.78. The van der Waals surface area contributed by atoms with E-state index in [0.29, 0.717) is 16.3 Å². The van der Waals surface area contributed by atoms with Crippen molar-refractivity contribution in [3.05, 3.63) is 65.5 Å². The summed E-state index contributed by atoms with van der Waals surface area (Å²) in [6.45, 7) is 3.67. The molecule has 8 nitrogen and oxygen atoms in total. The zero-order valence-corrected chi connectivity index (χ0v) is 19.3. The van der Waals surface area contributed by atoms with Crippen molar-refractivity contribution in [3.8, 4) is 11.3 Å². The Morgan fingerprint density at radius 3 is 2.48 bits per heavy atom. The van der Waals surface area contributed by atoms with Gasteiger partial charge in [0, 0.05) is 80.2 Å². The van der Waals surface area contributed by atoms with E-state index in [1.54, 1.807) is 29.5 Å². The number of nitrogens with zero attached hydrogens (tertiary/aromatic N) is 7. The van der Waals surface area contributed by atoms with Crippen LogP contribution in [0.25, 0.3) is 22.0 Å². The maximum Gasteiger partial charge on any atom is 0.170 e. The summed E-state index contributed by atoms with van der Waals surface area (Å²) in [5, 5.41) is 6.46. The number of likely N-dealkylation sites (N-methyl/N-ethyl adjacent to an activating group) is 1. The van der Waals surface area contributed by atoms with Crippen LogP contribution in [0.4, 0.5) is 5.82 Å².